The minimum atomic E-state index is -0.378. The van der Waals surface area contributed by atoms with E-state index in [-0.39, 0.29) is 28.4 Å². The Bertz CT molecular complexity index is 1380. The van der Waals surface area contributed by atoms with Crippen LogP contribution in [0.1, 0.15) is 40.9 Å². The van der Waals surface area contributed by atoms with Gasteiger partial charge >= 0.3 is 0 Å². The SMILES string of the molecule is C=CC(=O)N1CCCCC1C1=C2C=NC=C[N+]2(N)C(c2ccccc2C(=O)Nc2nccc(C)n2)=N1. The van der Waals surface area contributed by atoms with E-state index in [1.165, 1.54) is 6.08 Å². The van der Waals surface area contributed by atoms with E-state index in [9.17, 15) is 9.59 Å². The summed E-state index contributed by atoms with van der Waals surface area (Å²) in [6, 6.07) is 8.62. The average Bonchev–Trinajstić information content (AvgIpc) is 3.21. The van der Waals surface area contributed by atoms with Crippen molar-refractivity contribution >= 4 is 29.8 Å². The lowest BCUT2D eigenvalue weighted by Crippen LogP contribution is -2.53. The lowest BCUT2D eigenvalue weighted by atomic mass is 9.98. The third-order valence-electron chi connectivity index (χ3n) is 6.53. The number of aryl methyl sites for hydroxylation is 1. The molecule has 1 aromatic carbocycles. The molecule has 36 heavy (non-hydrogen) atoms. The van der Waals surface area contributed by atoms with E-state index >= 15 is 0 Å². The van der Waals surface area contributed by atoms with Crippen molar-refractivity contribution < 1.29 is 14.2 Å². The topological polar surface area (TPSA) is 126 Å². The van der Waals surface area contributed by atoms with Crippen LogP contribution < -0.4 is 11.2 Å². The number of anilines is 1. The van der Waals surface area contributed by atoms with Gasteiger partial charge < -0.3 is 4.90 Å². The first kappa shape index (κ1) is 23.5. The molecule has 0 bridgehead atoms. The number of amides is 2. The molecule has 2 atom stereocenters. The number of allylic oxidation sites excluding steroid dienone is 1. The first-order valence-electron chi connectivity index (χ1n) is 11.8. The number of fused-ring (bicyclic) bond motifs is 1. The number of nitrogens with two attached hydrogens (primary N) is 1. The second-order valence-electron chi connectivity index (χ2n) is 8.83. The monoisotopic (exact) mass is 483 g/mol. The molecule has 3 aliphatic rings. The molecule has 1 aromatic heterocycles. The number of piperidine rings is 1. The lowest BCUT2D eigenvalue weighted by molar-refractivity contribution is -0.750. The van der Waals surface area contributed by atoms with Gasteiger partial charge in [0.2, 0.25) is 17.6 Å². The molecule has 5 rings (SSSR count). The van der Waals surface area contributed by atoms with Crippen LogP contribution in [0.3, 0.4) is 0 Å². The van der Waals surface area contributed by atoms with Gasteiger partial charge in [0.15, 0.2) is 0 Å². The van der Waals surface area contributed by atoms with Crippen LogP contribution in [0.4, 0.5) is 5.95 Å². The van der Waals surface area contributed by atoms with Crippen LogP contribution in [0.5, 0.6) is 0 Å². The fourth-order valence-electron chi connectivity index (χ4n) is 4.78. The number of hydrogen-bond acceptors (Lipinski definition) is 7. The standard InChI is InChI=1S/C26H26N8O2/c1-3-22(35)33-14-7-6-10-20(33)23-21-16-28-13-15-34(21,27)24(31-23)18-8-4-5-9-19(18)25(36)32-26-29-12-11-17(2)30-26/h3-5,8-9,11-13,15-16,20H,1,6-7,10,14,27H2,2H3/p+1. The van der Waals surface area contributed by atoms with Crippen LogP contribution >= 0.6 is 0 Å². The van der Waals surface area contributed by atoms with E-state index < -0.39 is 0 Å². The molecule has 3 N–H and O–H groups in total. The Morgan fingerprint density at radius 1 is 1.25 bits per heavy atom. The number of amidine groups is 1. The zero-order valence-electron chi connectivity index (χ0n) is 20.0. The number of nitrogens with one attached hydrogen (secondary N) is 1. The van der Waals surface area contributed by atoms with Gasteiger partial charge in [0.05, 0.1) is 29.6 Å². The molecule has 0 saturated carbocycles. The largest absolute Gasteiger partial charge is 0.330 e. The van der Waals surface area contributed by atoms with Crippen molar-refractivity contribution in [3.63, 3.8) is 0 Å². The molecule has 1 fully saturated rings. The van der Waals surface area contributed by atoms with Gasteiger partial charge in [-0.3, -0.25) is 19.9 Å². The Balaban J connectivity index is 1.57. The van der Waals surface area contributed by atoms with Crippen molar-refractivity contribution in [3.05, 3.63) is 89.8 Å². The van der Waals surface area contributed by atoms with E-state index in [0.717, 1.165) is 25.0 Å². The highest BCUT2D eigenvalue weighted by Gasteiger charge is 2.48. The van der Waals surface area contributed by atoms with Gasteiger partial charge in [-0.2, -0.15) is 10.8 Å². The number of nitrogens with zero attached hydrogens (tertiary/aromatic N) is 6. The molecule has 0 radical (unpaired) electrons. The van der Waals surface area contributed by atoms with Crippen molar-refractivity contribution in [2.24, 2.45) is 15.8 Å². The van der Waals surface area contributed by atoms with Crippen LogP contribution in [-0.2, 0) is 4.79 Å². The summed E-state index contributed by atoms with van der Waals surface area (Å²) < 4.78 is -0.253. The second-order valence-corrected chi connectivity index (χ2v) is 8.83. The van der Waals surface area contributed by atoms with Crippen LogP contribution in [0.15, 0.2) is 83.0 Å². The third kappa shape index (κ3) is 4.06. The predicted octanol–water partition coefficient (Wildman–Crippen LogP) is 2.82. The van der Waals surface area contributed by atoms with E-state index in [1.807, 2.05) is 19.1 Å². The Labute approximate surface area is 208 Å². The predicted molar refractivity (Wildman–Crippen MR) is 136 cm³/mol. The Morgan fingerprint density at radius 2 is 2.08 bits per heavy atom. The molecule has 10 heteroatoms. The van der Waals surface area contributed by atoms with Gasteiger partial charge in [0.1, 0.15) is 11.9 Å². The third-order valence-corrected chi connectivity index (χ3v) is 6.53. The summed E-state index contributed by atoms with van der Waals surface area (Å²) in [6.07, 6.45) is 10.6. The van der Waals surface area contributed by atoms with Crippen LogP contribution in [-0.4, -0.2) is 55.9 Å². The number of hydrogen-bond donors (Lipinski definition) is 2. The van der Waals surface area contributed by atoms with Crippen molar-refractivity contribution in [1.29, 1.82) is 0 Å². The van der Waals surface area contributed by atoms with Gasteiger partial charge in [-0.25, -0.2) is 9.97 Å². The first-order chi connectivity index (χ1) is 17.4. The molecule has 182 valence electrons. The molecule has 2 aromatic rings. The van der Waals surface area contributed by atoms with Crippen molar-refractivity contribution in [2.75, 3.05) is 11.9 Å². The quantitative estimate of drug-likeness (QED) is 0.384. The van der Waals surface area contributed by atoms with Gasteiger partial charge in [0, 0.05) is 18.4 Å². The molecular weight excluding hydrogens is 456 g/mol. The highest BCUT2D eigenvalue weighted by molar-refractivity contribution is 6.13. The number of rotatable bonds is 5. The van der Waals surface area contributed by atoms with E-state index in [4.69, 9.17) is 10.8 Å². The maximum atomic E-state index is 13.3. The first-order valence-corrected chi connectivity index (χ1v) is 11.8. The highest BCUT2D eigenvalue weighted by atomic mass is 16.2. The molecule has 2 unspecified atom stereocenters. The van der Waals surface area contributed by atoms with Gasteiger partial charge in [-0.15, -0.1) is 4.59 Å². The van der Waals surface area contributed by atoms with E-state index in [0.29, 0.717) is 34.9 Å². The summed E-state index contributed by atoms with van der Waals surface area (Å²) in [4.78, 5) is 45.4. The summed E-state index contributed by atoms with van der Waals surface area (Å²) in [7, 11) is 0. The molecule has 1 saturated heterocycles. The average molecular weight is 484 g/mol. The van der Waals surface area contributed by atoms with Crippen molar-refractivity contribution in [1.82, 2.24) is 14.9 Å². The maximum Gasteiger partial charge on any atom is 0.265 e. The van der Waals surface area contributed by atoms with Gasteiger partial charge in [0.25, 0.3) is 11.7 Å². The Morgan fingerprint density at radius 3 is 2.89 bits per heavy atom. The Hall–Kier alpha value is -4.28. The van der Waals surface area contributed by atoms with Crippen molar-refractivity contribution in [3.8, 4) is 0 Å². The van der Waals surface area contributed by atoms with E-state index in [2.05, 4.69) is 26.9 Å². The summed E-state index contributed by atoms with van der Waals surface area (Å²) in [5.74, 6) is 7.08. The fraction of sp³-hybridized carbons (Fsp3) is 0.231. The van der Waals surface area contributed by atoms with Crippen LogP contribution in [0, 0.1) is 6.92 Å². The summed E-state index contributed by atoms with van der Waals surface area (Å²) in [5, 5.41) is 2.77. The van der Waals surface area contributed by atoms with Gasteiger partial charge in [-0.05, 0) is 50.5 Å². The zero-order valence-corrected chi connectivity index (χ0v) is 20.0. The number of carbonyl (C=O) groups excluding carboxylic acids is 2. The van der Waals surface area contributed by atoms with Gasteiger partial charge in [-0.1, -0.05) is 18.7 Å². The minimum Gasteiger partial charge on any atom is -0.330 e. The number of benzene rings is 1. The smallest absolute Gasteiger partial charge is 0.265 e. The number of aliphatic imine (C=N–C) groups is 2. The number of quaternary nitrogens is 1. The lowest BCUT2D eigenvalue weighted by Gasteiger charge is -2.35. The molecule has 0 spiro atoms. The number of carbonyl (C=O) groups is 2. The van der Waals surface area contributed by atoms with Crippen molar-refractivity contribution in [2.45, 2.75) is 32.2 Å². The summed E-state index contributed by atoms with van der Waals surface area (Å²) in [5.41, 5.74) is 3.02. The minimum absolute atomic E-state index is 0.146. The molecule has 4 heterocycles. The summed E-state index contributed by atoms with van der Waals surface area (Å²) >= 11 is 0. The maximum absolute atomic E-state index is 13.3. The number of aromatic nitrogens is 2. The van der Waals surface area contributed by atoms with Crippen LogP contribution in [0.25, 0.3) is 0 Å². The second kappa shape index (κ2) is 9.40. The fourth-order valence-corrected chi connectivity index (χ4v) is 4.78. The molecule has 2 amide bonds. The molecule has 0 aliphatic carbocycles. The Kier molecular flexibility index (Phi) is 6.13. The highest BCUT2D eigenvalue weighted by Crippen LogP contribution is 2.37. The number of likely N-dealkylation sites (tertiary alicyclic amines) is 1. The molecular formula is C26H27N8O2+. The van der Waals surface area contributed by atoms with Crippen LogP contribution in [0.2, 0.25) is 0 Å². The van der Waals surface area contributed by atoms with E-state index in [1.54, 1.807) is 47.9 Å². The zero-order chi connectivity index (χ0) is 25.3. The summed E-state index contributed by atoms with van der Waals surface area (Å²) in [6.45, 7) is 6.10. The normalized spacial score (nSPS) is 22.8. The molecule has 10 nitrogen and oxygen atoms in total. The molecule has 3 aliphatic heterocycles.